The number of aliphatic hydroxyl groups is 1. The molecule has 7 heteroatoms. The molecule has 3 aliphatic rings. The Labute approximate surface area is 163 Å². The average molecular weight is 383 g/mol. The van der Waals surface area contributed by atoms with Crippen LogP contribution in [-0.2, 0) is 21.7 Å². The SMILES string of the molecule is Cc1ccc(-c2nnc(N[C@@H]3CCCC[C@H]3O)c3c2COC32COC2)c(O)c1. The van der Waals surface area contributed by atoms with Crippen molar-refractivity contribution in [3.8, 4) is 17.0 Å². The highest BCUT2D eigenvalue weighted by molar-refractivity contribution is 5.74. The van der Waals surface area contributed by atoms with E-state index in [1.165, 1.54) is 0 Å². The molecule has 148 valence electrons. The van der Waals surface area contributed by atoms with E-state index in [4.69, 9.17) is 9.47 Å². The van der Waals surface area contributed by atoms with Crippen LogP contribution in [0, 0.1) is 6.92 Å². The van der Waals surface area contributed by atoms with Gasteiger partial charge in [-0.05, 0) is 37.5 Å². The molecule has 2 fully saturated rings. The number of benzene rings is 1. The van der Waals surface area contributed by atoms with E-state index >= 15 is 0 Å². The Hall–Kier alpha value is -2.22. The molecule has 1 aliphatic carbocycles. The molecule has 1 spiro atoms. The van der Waals surface area contributed by atoms with Gasteiger partial charge in [-0.1, -0.05) is 18.9 Å². The molecule has 2 aromatic rings. The maximum Gasteiger partial charge on any atom is 0.155 e. The van der Waals surface area contributed by atoms with Gasteiger partial charge in [0, 0.05) is 16.7 Å². The molecule has 0 unspecified atom stereocenters. The van der Waals surface area contributed by atoms with Crippen molar-refractivity contribution in [3.63, 3.8) is 0 Å². The number of ether oxygens (including phenoxy) is 2. The molecule has 3 heterocycles. The lowest BCUT2D eigenvalue weighted by molar-refractivity contribution is -0.209. The summed E-state index contributed by atoms with van der Waals surface area (Å²) < 4.78 is 11.6. The third kappa shape index (κ3) is 2.77. The van der Waals surface area contributed by atoms with Crippen LogP contribution in [0.1, 0.15) is 42.4 Å². The van der Waals surface area contributed by atoms with Crippen LogP contribution < -0.4 is 5.32 Å². The molecule has 1 aromatic carbocycles. The largest absolute Gasteiger partial charge is 0.507 e. The van der Waals surface area contributed by atoms with Crippen LogP contribution in [0.5, 0.6) is 5.75 Å². The highest BCUT2D eigenvalue weighted by atomic mass is 16.6. The lowest BCUT2D eigenvalue weighted by Gasteiger charge is -2.39. The van der Waals surface area contributed by atoms with E-state index in [0.29, 0.717) is 36.9 Å². The minimum Gasteiger partial charge on any atom is -0.507 e. The number of fused-ring (bicyclic) bond motifs is 2. The Morgan fingerprint density at radius 2 is 2.00 bits per heavy atom. The summed E-state index contributed by atoms with van der Waals surface area (Å²) >= 11 is 0. The molecule has 1 saturated heterocycles. The van der Waals surface area contributed by atoms with Crippen molar-refractivity contribution >= 4 is 5.82 Å². The fourth-order valence-electron chi connectivity index (χ4n) is 4.52. The van der Waals surface area contributed by atoms with Gasteiger partial charge in [-0.3, -0.25) is 0 Å². The van der Waals surface area contributed by atoms with E-state index < -0.39 is 5.60 Å². The fraction of sp³-hybridized carbons (Fsp3) is 0.524. The van der Waals surface area contributed by atoms with Gasteiger partial charge in [0.05, 0.1) is 32.0 Å². The maximum atomic E-state index is 10.5. The second-order valence-corrected chi connectivity index (χ2v) is 8.15. The van der Waals surface area contributed by atoms with Gasteiger partial charge in [-0.15, -0.1) is 10.2 Å². The van der Waals surface area contributed by atoms with E-state index in [2.05, 4.69) is 15.5 Å². The number of rotatable bonds is 3. The Morgan fingerprint density at radius 3 is 2.71 bits per heavy atom. The Balaban J connectivity index is 1.59. The number of hydrogen-bond acceptors (Lipinski definition) is 7. The molecule has 1 aromatic heterocycles. The van der Waals surface area contributed by atoms with E-state index in [9.17, 15) is 10.2 Å². The third-order valence-corrected chi connectivity index (χ3v) is 6.15. The van der Waals surface area contributed by atoms with Gasteiger partial charge in [-0.25, -0.2) is 0 Å². The van der Waals surface area contributed by atoms with Crippen molar-refractivity contribution in [2.24, 2.45) is 0 Å². The summed E-state index contributed by atoms with van der Waals surface area (Å²) in [7, 11) is 0. The summed E-state index contributed by atoms with van der Waals surface area (Å²) in [4.78, 5) is 0. The predicted molar refractivity (Wildman–Crippen MR) is 103 cm³/mol. The van der Waals surface area contributed by atoms with Gasteiger partial charge in [0.1, 0.15) is 17.0 Å². The summed E-state index contributed by atoms with van der Waals surface area (Å²) in [5, 5.41) is 33.2. The van der Waals surface area contributed by atoms with E-state index in [1.54, 1.807) is 6.07 Å². The number of aromatic nitrogens is 2. The zero-order valence-corrected chi connectivity index (χ0v) is 15.9. The fourth-order valence-corrected chi connectivity index (χ4v) is 4.52. The average Bonchev–Trinajstić information content (AvgIpc) is 3.06. The molecule has 2 aliphatic heterocycles. The highest BCUT2D eigenvalue weighted by Gasteiger charge is 2.50. The molecule has 28 heavy (non-hydrogen) atoms. The Bertz CT molecular complexity index is 913. The summed E-state index contributed by atoms with van der Waals surface area (Å²) in [6, 6.07) is 5.51. The first-order valence-corrected chi connectivity index (χ1v) is 9.94. The standard InChI is InChI=1S/C21H25N3O4/c1-12-6-7-13(17(26)8-12)19-14-9-28-21(10-27-11-21)18(14)20(24-23-19)22-15-4-2-3-5-16(15)25/h6-8,15-16,25-26H,2-5,9-11H2,1H3,(H,22,24)/t15-,16-/m1/s1. The molecule has 7 nitrogen and oxygen atoms in total. The van der Waals surface area contributed by atoms with Gasteiger partial charge in [0.2, 0.25) is 0 Å². The molecule has 0 radical (unpaired) electrons. The number of nitrogens with one attached hydrogen (secondary N) is 1. The number of phenolic OH excluding ortho intramolecular Hbond substituents is 1. The molecule has 0 bridgehead atoms. The predicted octanol–water partition coefficient (Wildman–Crippen LogP) is 2.63. The zero-order valence-electron chi connectivity index (χ0n) is 15.9. The smallest absolute Gasteiger partial charge is 0.155 e. The number of hydrogen-bond donors (Lipinski definition) is 3. The van der Waals surface area contributed by atoms with Gasteiger partial charge in [-0.2, -0.15) is 0 Å². The van der Waals surface area contributed by atoms with Crippen LogP contribution >= 0.6 is 0 Å². The lowest BCUT2D eigenvalue weighted by Crippen LogP contribution is -2.47. The van der Waals surface area contributed by atoms with Crippen LogP contribution in [-0.4, -0.2) is 45.8 Å². The van der Waals surface area contributed by atoms with Gasteiger partial charge in [0.15, 0.2) is 5.82 Å². The van der Waals surface area contributed by atoms with Crippen molar-refractivity contribution in [3.05, 3.63) is 34.9 Å². The number of nitrogens with zero attached hydrogens (tertiary/aromatic N) is 2. The Morgan fingerprint density at radius 1 is 1.18 bits per heavy atom. The number of aryl methyl sites for hydroxylation is 1. The van der Waals surface area contributed by atoms with E-state index in [0.717, 1.165) is 42.4 Å². The molecular formula is C21H25N3O4. The first-order valence-electron chi connectivity index (χ1n) is 9.94. The van der Waals surface area contributed by atoms with Crippen molar-refractivity contribution in [2.45, 2.75) is 57.0 Å². The second kappa shape index (κ2) is 6.69. The second-order valence-electron chi connectivity index (χ2n) is 8.15. The summed E-state index contributed by atoms with van der Waals surface area (Å²) in [5.74, 6) is 0.850. The van der Waals surface area contributed by atoms with Gasteiger partial charge >= 0.3 is 0 Å². The van der Waals surface area contributed by atoms with Crippen LogP contribution in [0.4, 0.5) is 5.82 Å². The third-order valence-electron chi connectivity index (χ3n) is 6.15. The molecule has 0 amide bonds. The number of aliphatic hydroxyl groups excluding tert-OH is 1. The topological polar surface area (TPSA) is 96.7 Å². The van der Waals surface area contributed by atoms with Crippen LogP contribution in [0.25, 0.3) is 11.3 Å². The summed E-state index contributed by atoms with van der Waals surface area (Å²) in [6.45, 7) is 3.30. The first kappa shape index (κ1) is 17.8. The van der Waals surface area contributed by atoms with Gasteiger partial charge in [0.25, 0.3) is 0 Å². The molecule has 1 saturated carbocycles. The van der Waals surface area contributed by atoms with Crippen molar-refractivity contribution < 1.29 is 19.7 Å². The quantitative estimate of drug-likeness (QED) is 0.750. The zero-order chi connectivity index (χ0) is 19.3. The van der Waals surface area contributed by atoms with Crippen LogP contribution in [0.3, 0.4) is 0 Å². The molecule has 2 atom stereocenters. The van der Waals surface area contributed by atoms with Crippen molar-refractivity contribution in [2.75, 3.05) is 18.5 Å². The van der Waals surface area contributed by atoms with E-state index in [-0.39, 0.29) is 17.9 Å². The Kier molecular flexibility index (Phi) is 4.26. The lowest BCUT2D eigenvalue weighted by atomic mass is 9.88. The number of phenols is 1. The van der Waals surface area contributed by atoms with Gasteiger partial charge < -0.3 is 25.0 Å². The van der Waals surface area contributed by atoms with Crippen molar-refractivity contribution in [1.29, 1.82) is 0 Å². The van der Waals surface area contributed by atoms with E-state index in [1.807, 2.05) is 19.1 Å². The molecule has 5 rings (SSSR count). The molecular weight excluding hydrogens is 358 g/mol. The minimum atomic E-state index is -0.512. The van der Waals surface area contributed by atoms with Crippen LogP contribution in [0.2, 0.25) is 0 Å². The monoisotopic (exact) mass is 383 g/mol. The summed E-state index contributed by atoms with van der Waals surface area (Å²) in [6.07, 6.45) is 3.46. The molecule has 3 N–H and O–H groups in total. The van der Waals surface area contributed by atoms with Crippen molar-refractivity contribution in [1.82, 2.24) is 10.2 Å². The number of anilines is 1. The summed E-state index contributed by atoms with van der Waals surface area (Å²) in [5.41, 5.74) is 3.66. The maximum absolute atomic E-state index is 10.5. The van der Waals surface area contributed by atoms with Crippen LogP contribution in [0.15, 0.2) is 18.2 Å². The normalized spacial score (nSPS) is 25.4. The minimum absolute atomic E-state index is 0.0376. The number of aromatic hydroxyl groups is 1. The first-order chi connectivity index (χ1) is 13.6. The highest BCUT2D eigenvalue weighted by Crippen LogP contribution is 2.48.